The van der Waals surface area contributed by atoms with Gasteiger partial charge in [0.1, 0.15) is 17.2 Å². The van der Waals surface area contributed by atoms with Crippen LogP contribution >= 0.6 is 0 Å². The van der Waals surface area contributed by atoms with Gasteiger partial charge in [-0.25, -0.2) is 4.39 Å². The Kier molecular flexibility index (Phi) is 4.37. The van der Waals surface area contributed by atoms with Crippen LogP contribution in [-0.2, 0) is 0 Å². The van der Waals surface area contributed by atoms with E-state index >= 15 is 0 Å². The smallest absolute Gasteiger partial charge is 0.134 e. The Balaban J connectivity index is 2.26. The third kappa shape index (κ3) is 2.91. The average molecular weight is 249 g/mol. The van der Waals surface area contributed by atoms with Crippen LogP contribution in [0.1, 0.15) is 44.9 Å². The van der Waals surface area contributed by atoms with E-state index in [1.165, 1.54) is 12.1 Å². The first-order chi connectivity index (χ1) is 8.74. The molecular formula is C15H20FNO. The molecular weight excluding hydrogens is 229 g/mol. The maximum absolute atomic E-state index is 13.1. The summed E-state index contributed by atoms with van der Waals surface area (Å²) >= 11 is 0. The van der Waals surface area contributed by atoms with Gasteiger partial charge in [0.05, 0.1) is 6.04 Å². The van der Waals surface area contributed by atoms with Gasteiger partial charge < -0.3 is 9.73 Å². The SMILES string of the molecule is CCCNC(CCC)c1cc2cc(F)ccc2o1. The maximum Gasteiger partial charge on any atom is 0.134 e. The van der Waals surface area contributed by atoms with Crippen molar-refractivity contribution in [3.63, 3.8) is 0 Å². The largest absolute Gasteiger partial charge is 0.459 e. The Bertz CT molecular complexity index is 506. The first-order valence-electron chi connectivity index (χ1n) is 6.67. The van der Waals surface area contributed by atoms with Crippen LogP contribution < -0.4 is 5.32 Å². The lowest BCUT2D eigenvalue weighted by atomic mass is 10.1. The summed E-state index contributed by atoms with van der Waals surface area (Å²) in [4.78, 5) is 0. The second-order valence-corrected chi connectivity index (χ2v) is 4.63. The van der Waals surface area contributed by atoms with Crippen molar-refractivity contribution in [2.75, 3.05) is 6.54 Å². The predicted octanol–water partition coefficient (Wildman–Crippen LogP) is 4.41. The molecule has 0 bridgehead atoms. The van der Waals surface area contributed by atoms with Crippen LogP contribution in [0.15, 0.2) is 28.7 Å². The Hall–Kier alpha value is -1.35. The van der Waals surface area contributed by atoms with Crippen molar-refractivity contribution < 1.29 is 8.81 Å². The summed E-state index contributed by atoms with van der Waals surface area (Å²) in [6, 6.07) is 6.82. The lowest BCUT2D eigenvalue weighted by Crippen LogP contribution is -2.21. The number of rotatable bonds is 6. The maximum atomic E-state index is 13.1. The normalized spacial score (nSPS) is 13.1. The third-order valence-electron chi connectivity index (χ3n) is 3.06. The van der Waals surface area contributed by atoms with Gasteiger partial charge in [0, 0.05) is 5.39 Å². The molecule has 0 aliphatic carbocycles. The molecule has 0 aliphatic rings. The number of hydrogen-bond donors (Lipinski definition) is 1. The fourth-order valence-electron chi connectivity index (χ4n) is 2.16. The van der Waals surface area contributed by atoms with Crippen molar-refractivity contribution >= 4 is 11.0 Å². The molecule has 1 aromatic heterocycles. The van der Waals surface area contributed by atoms with Crippen LogP contribution in [0.25, 0.3) is 11.0 Å². The number of fused-ring (bicyclic) bond motifs is 1. The Labute approximate surface area is 107 Å². The summed E-state index contributed by atoms with van der Waals surface area (Å²) in [5.74, 6) is 0.689. The molecule has 0 saturated carbocycles. The fraction of sp³-hybridized carbons (Fsp3) is 0.467. The van der Waals surface area contributed by atoms with E-state index in [9.17, 15) is 4.39 Å². The van der Waals surface area contributed by atoms with Crippen molar-refractivity contribution in [1.29, 1.82) is 0 Å². The molecule has 0 aliphatic heterocycles. The van der Waals surface area contributed by atoms with Crippen molar-refractivity contribution in [2.24, 2.45) is 0 Å². The highest BCUT2D eigenvalue weighted by molar-refractivity contribution is 5.78. The van der Waals surface area contributed by atoms with Gasteiger partial charge in [-0.2, -0.15) is 0 Å². The summed E-state index contributed by atoms with van der Waals surface area (Å²) in [6.07, 6.45) is 3.21. The summed E-state index contributed by atoms with van der Waals surface area (Å²) in [6.45, 7) is 5.27. The molecule has 98 valence electrons. The third-order valence-corrected chi connectivity index (χ3v) is 3.06. The number of nitrogens with one attached hydrogen (secondary N) is 1. The first kappa shape index (κ1) is 13.1. The van der Waals surface area contributed by atoms with Gasteiger partial charge in [0.25, 0.3) is 0 Å². The summed E-state index contributed by atoms with van der Waals surface area (Å²) < 4.78 is 18.9. The Morgan fingerprint density at radius 2 is 2.06 bits per heavy atom. The van der Waals surface area contributed by atoms with Gasteiger partial charge in [0.2, 0.25) is 0 Å². The van der Waals surface area contributed by atoms with Crippen LogP contribution in [0.5, 0.6) is 0 Å². The number of halogens is 1. The van der Waals surface area contributed by atoms with Crippen molar-refractivity contribution in [3.8, 4) is 0 Å². The lowest BCUT2D eigenvalue weighted by Gasteiger charge is -2.14. The highest BCUT2D eigenvalue weighted by Crippen LogP contribution is 2.27. The zero-order valence-electron chi connectivity index (χ0n) is 11.0. The van der Waals surface area contributed by atoms with Crippen LogP contribution in [0.3, 0.4) is 0 Å². The molecule has 18 heavy (non-hydrogen) atoms. The molecule has 1 heterocycles. The van der Waals surface area contributed by atoms with E-state index in [-0.39, 0.29) is 11.9 Å². The van der Waals surface area contributed by atoms with Crippen molar-refractivity contribution in [3.05, 3.63) is 35.8 Å². The first-order valence-corrected chi connectivity index (χ1v) is 6.67. The molecule has 0 radical (unpaired) electrons. The fourth-order valence-corrected chi connectivity index (χ4v) is 2.16. The molecule has 1 atom stereocenters. The zero-order valence-corrected chi connectivity index (χ0v) is 11.0. The van der Waals surface area contributed by atoms with Gasteiger partial charge in [-0.3, -0.25) is 0 Å². The number of hydrogen-bond acceptors (Lipinski definition) is 2. The van der Waals surface area contributed by atoms with E-state index in [1.807, 2.05) is 6.07 Å². The molecule has 1 aromatic carbocycles. The minimum Gasteiger partial charge on any atom is -0.459 e. The summed E-state index contributed by atoms with van der Waals surface area (Å²) in [7, 11) is 0. The second kappa shape index (κ2) is 6.01. The monoisotopic (exact) mass is 249 g/mol. The van der Waals surface area contributed by atoms with Crippen LogP contribution in [0.2, 0.25) is 0 Å². The molecule has 0 spiro atoms. The Morgan fingerprint density at radius 3 is 2.78 bits per heavy atom. The molecule has 1 N–H and O–H groups in total. The van der Waals surface area contributed by atoms with Crippen molar-refractivity contribution in [1.82, 2.24) is 5.32 Å². The van der Waals surface area contributed by atoms with E-state index in [4.69, 9.17) is 4.42 Å². The highest BCUT2D eigenvalue weighted by Gasteiger charge is 2.14. The zero-order chi connectivity index (χ0) is 13.0. The molecule has 2 rings (SSSR count). The summed E-state index contributed by atoms with van der Waals surface area (Å²) in [5, 5.41) is 4.31. The quantitative estimate of drug-likeness (QED) is 0.820. The Morgan fingerprint density at radius 1 is 1.22 bits per heavy atom. The lowest BCUT2D eigenvalue weighted by molar-refractivity contribution is 0.408. The van der Waals surface area contributed by atoms with Gasteiger partial charge in [-0.05, 0) is 43.7 Å². The van der Waals surface area contributed by atoms with Crippen LogP contribution in [0.4, 0.5) is 4.39 Å². The van der Waals surface area contributed by atoms with Gasteiger partial charge >= 0.3 is 0 Å². The van der Waals surface area contributed by atoms with E-state index in [0.717, 1.165) is 42.5 Å². The highest BCUT2D eigenvalue weighted by atomic mass is 19.1. The van der Waals surface area contributed by atoms with Crippen molar-refractivity contribution in [2.45, 2.75) is 39.2 Å². The molecule has 1 unspecified atom stereocenters. The van der Waals surface area contributed by atoms with E-state index in [0.29, 0.717) is 0 Å². The molecule has 2 nitrogen and oxygen atoms in total. The van der Waals surface area contributed by atoms with Gasteiger partial charge in [0.15, 0.2) is 0 Å². The molecule has 0 fully saturated rings. The topological polar surface area (TPSA) is 25.2 Å². The van der Waals surface area contributed by atoms with E-state index in [1.54, 1.807) is 6.07 Å². The predicted molar refractivity (Wildman–Crippen MR) is 72.1 cm³/mol. The van der Waals surface area contributed by atoms with Crippen LogP contribution in [-0.4, -0.2) is 6.54 Å². The summed E-state index contributed by atoms with van der Waals surface area (Å²) in [5.41, 5.74) is 0.755. The number of furan rings is 1. The average Bonchev–Trinajstić information content (AvgIpc) is 2.77. The van der Waals surface area contributed by atoms with Gasteiger partial charge in [-0.15, -0.1) is 0 Å². The van der Waals surface area contributed by atoms with Crippen LogP contribution in [0, 0.1) is 5.82 Å². The van der Waals surface area contributed by atoms with Gasteiger partial charge in [-0.1, -0.05) is 20.3 Å². The second-order valence-electron chi connectivity index (χ2n) is 4.63. The number of benzene rings is 1. The minimum absolute atomic E-state index is 0.219. The standard InChI is InChI=1S/C15H20FNO/c1-3-5-13(17-8-4-2)15-10-11-9-12(16)6-7-14(11)18-15/h6-7,9-10,13,17H,3-5,8H2,1-2H3. The molecule has 0 amide bonds. The van der Waals surface area contributed by atoms with E-state index in [2.05, 4.69) is 19.2 Å². The van der Waals surface area contributed by atoms with E-state index < -0.39 is 0 Å². The molecule has 0 saturated heterocycles. The molecule has 2 aromatic rings. The minimum atomic E-state index is -0.219. The molecule has 3 heteroatoms.